The average molecular weight is 269 g/mol. The molecule has 1 unspecified atom stereocenters. The SMILES string of the molecule is CCOC(=O)C(CC)Oc1cccc(F)c1C(N)=O. The topological polar surface area (TPSA) is 78.6 Å². The molecule has 0 bridgehead atoms. The third-order valence-electron chi connectivity index (χ3n) is 2.41. The summed E-state index contributed by atoms with van der Waals surface area (Å²) in [6.45, 7) is 3.59. The van der Waals surface area contributed by atoms with Gasteiger partial charge in [-0.3, -0.25) is 4.79 Å². The maximum absolute atomic E-state index is 13.5. The lowest BCUT2D eigenvalue weighted by Crippen LogP contribution is -2.30. The lowest BCUT2D eigenvalue weighted by molar-refractivity contribution is -0.151. The van der Waals surface area contributed by atoms with Crippen molar-refractivity contribution in [2.45, 2.75) is 26.4 Å². The van der Waals surface area contributed by atoms with Gasteiger partial charge in [-0.05, 0) is 25.5 Å². The molecular weight excluding hydrogens is 253 g/mol. The van der Waals surface area contributed by atoms with Crippen LogP contribution in [0.15, 0.2) is 18.2 Å². The van der Waals surface area contributed by atoms with Crippen molar-refractivity contribution in [1.82, 2.24) is 0 Å². The zero-order chi connectivity index (χ0) is 14.4. The Kier molecular flexibility index (Phi) is 5.29. The molecule has 0 heterocycles. The number of nitrogens with two attached hydrogens (primary N) is 1. The molecule has 0 saturated heterocycles. The van der Waals surface area contributed by atoms with Crippen molar-refractivity contribution < 1.29 is 23.5 Å². The summed E-state index contributed by atoms with van der Waals surface area (Å²) in [7, 11) is 0. The second-order valence-electron chi connectivity index (χ2n) is 3.74. The van der Waals surface area contributed by atoms with Crippen LogP contribution in [0.5, 0.6) is 5.75 Å². The van der Waals surface area contributed by atoms with Crippen LogP contribution in [0, 0.1) is 5.82 Å². The van der Waals surface area contributed by atoms with E-state index in [2.05, 4.69) is 0 Å². The van der Waals surface area contributed by atoms with Gasteiger partial charge in [-0.2, -0.15) is 0 Å². The number of primary amides is 1. The number of esters is 1. The molecule has 1 amide bonds. The van der Waals surface area contributed by atoms with Crippen LogP contribution in [-0.4, -0.2) is 24.6 Å². The fourth-order valence-electron chi connectivity index (χ4n) is 1.53. The maximum Gasteiger partial charge on any atom is 0.347 e. The Labute approximate surface area is 110 Å². The minimum absolute atomic E-state index is 0.0626. The zero-order valence-electron chi connectivity index (χ0n) is 10.8. The molecule has 1 aromatic carbocycles. The van der Waals surface area contributed by atoms with Crippen LogP contribution in [0.25, 0.3) is 0 Å². The smallest absolute Gasteiger partial charge is 0.347 e. The van der Waals surface area contributed by atoms with Crippen molar-refractivity contribution in [2.24, 2.45) is 5.73 Å². The quantitative estimate of drug-likeness (QED) is 0.796. The molecule has 2 N–H and O–H groups in total. The molecule has 0 saturated carbocycles. The summed E-state index contributed by atoms with van der Waals surface area (Å²) in [5, 5.41) is 0. The molecule has 0 aliphatic heterocycles. The number of amides is 1. The normalized spacial score (nSPS) is 11.7. The number of carbonyl (C=O) groups excluding carboxylic acids is 2. The predicted octanol–water partition coefficient (Wildman–Crippen LogP) is 1.65. The van der Waals surface area contributed by atoms with Crippen LogP contribution in [0.4, 0.5) is 4.39 Å². The molecule has 0 spiro atoms. The van der Waals surface area contributed by atoms with E-state index in [1.54, 1.807) is 13.8 Å². The van der Waals surface area contributed by atoms with E-state index in [4.69, 9.17) is 15.2 Å². The van der Waals surface area contributed by atoms with Gasteiger partial charge in [0.25, 0.3) is 5.91 Å². The Hall–Kier alpha value is -2.11. The molecule has 6 heteroatoms. The highest BCUT2D eigenvalue weighted by Gasteiger charge is 2.23. The fraction of sp³-hybridized carbons (Fsp3) is 0.385. The molecule has 5 nitrogen and oxygen atoms in total. The first kappa shape index (κ1) is 14.9. The van der Waals surface area contributed by atoms with Crippen LogP contribution in [0.2, 0.25) is 0 Å². The predicted molar refractivity (Wildman–Crippen MR) is 66.3 cm³/mol. The summed E-state index contributed by atoms with van der Waals surface area (Å²) in [5.41, 5.74) is 4.72. The third-order valence-corrected chi connectivity index (χ3v) is 2.41. The van der Waals surface area contributed by atoms with E-state index < -0.39 is 23.8 Å². The van der Waals surface area contributed by atoms with Gasteiger partial charge in [0, 0.05) is 0 Å². The van der Waals surface area contributed by atoms with Gasteiger partial charge < -0.3 is 15.2 Å². The van der Waals surface area contributed by atoms with Gasteiger partial charge in [-0.1, -0.05) is 13.0 Å². The van der Waals surface area contributed by atoms with Gasteiger partial charge in [-0.15, -0.1) is 0 Å². The van der Waals surface area contributed by atoms with Crippen LogP contribution in [0.1, 0.15) is 30.6 Å². The third kappa shape index (κ3) is 3.67. The molecule has 0 fully saturated rings. The number of carbonyl (C=O) groups is 2. The van der Waals surface area contributed by atoms with Crippen molar-refractivity contribution in [2.75, 3.05) is 6.61 Å². The number of ether oxygens (including phenoxy) is 2. The van der Waals surface area contributed by atoms with Crippen LogP contribution in [-0.2, 0) is 9.53 Å². The summed E-state index contributed by atoms with van der Waals surface area (Å²) in [5.74, 6) is -2.37. The summed E-state index contributed by atoms with van der Waals surface area (Å²) >= 11 is 0. The highest BCUT2D eigenvalue weighted by atomic mass is 19.1. The van der Waals surface area contributed by atoms with E-state index in [1.165, 1.54) is 12.1 Å². The Morgan fingerprint density at radius 2 is 2.05 bits per heavy atom. The number of hydrogen-bond acceptors (Lipinski definition) is 4. The van der Waals surface area contributed by atoms with Gasteiger partial charge in [0.2, 0.25) is 0 Å². The van der Waals surface area contributed by atoms with Crippen LogP contribution < -0.4 is 10.5 Å². The molecule has 19 heavy (non-hydrogen) atoms. The van der Waals surface area contributed by atoms with Crippen molar-refractivity contribution in [1.29, 1.82) is 0 Å². The van der Waals surface area contributed by atoms with Gasteiger partial charge in [-0.25, -0.2) is 9.18 Å². The fourth-order valence-corrected chi connectivity index (χ4v) is 1.53. The second-order valence-corrected chi connectivity index (χ2v) is 3.74. The number of rotatable bonds is 6. The van der Waals surface area contributed by atoms with Crippen molar-refractivity contribution in [3.63, 3.8) is 0 Å². The largest absolute Gasteiger partial charge is 0.478 e. The lowest BCUT2D eigenvalue weighted by Gasteiger charge is -2.17. The van der Waals surface area contributed by atoms with E-state index in [0.29, 0.717) is 6.42 Å². The van der Waals surface area contributed by atoms with Gasteiger partial charge >= 0.3 is 5.97 Å². The highest BCUT2D eigenvalue weighted by Crippen LogP contribution is 2.23. The lowest BCUT2D eigenvalue weighted by atomic mass is 10.1. The number of halogens is 1. The molecule has 0 aliphatic carbocycles. The van der Waals surface area contributed by atoms with Crippen molar-refractivity contribution in [3.05, 3.63) is 29.6 Å². The van der Waals surface area contributed by atoms with E-state index in [-0.39, 0.29) is 17.9 Å². The minimum atomic E-state index is -0.952. The standard InChI is InChI=1S/C13H16FNO4/c1-3-9(13(17)18-4-2)19-10-7-5-6-8(14)11(10)12(15)16/h5-7,9H,3-4H2,1-2H3,(H2,15,16). The highest BCUT2D eigenvalue weighted by molar-refractivity contribution is 5.96. The molecule has 1 aromatic rings. The average Bonchev–Trinajstić information content (AvgIpc) is 2.35. The van der Waals surface area contributed by atoms with E-state index in [0.717, 1.165) is 6.07 Å². The Balaban J connectivity index is 3.00. The molecule has 104 valence electrons. The summed E-state index contributed by atoms with van der Waals surface area (Å²) in [4.78, 5) is 22.8. The zero-order valence-corrected chi connectivity index (χ0v) is 10.8. The molecule has 0 aliphatic rings. The van der Waals surface area contributed by atoms with E-state index >= 15 is 0 Å². The molecule has 1 rings (SSSR count). The first-order valence-corrected chi connectivity index (χ1v) is 5.92. The summed E-state index contributed by atoms with van der Waals surface area (Å²) < 4.78 is 23.7. The Morgan fingerprint density at radius 1 is 1.37 bits per heavy atom. The summed E-state index contributed by atoms with van der Waals surface area (Å²) in [6, 6.07) is 3.85. The molecule has 0 aromatic heterocycles. The molecular formula is C13H16FNO4. The van der Waals surface area contributed by atoms with Crippen LogP contribution >= 0.6 is 0 Å². The van der Waals surface area contributed by atoms with Gasteiger partial charge in [0.1, 0.15) is 17.1 Å². The monoisotopic (exact) mass is 269 g/mol. The minimum Gasteiger partial charge on any atom is -0.478 e. The van der Waals surface area contributed by atoms with Gasteiger partial charge in [0.15, 0.2) is 6.10 Å². The maximum atomic E-state index is 13.5. The Morgan fingerprint density at radius 3 is 2.58 bits per heavy atom. The molecule has 1 atom stereocenters. The van der Waals surface area contributed by atoms with E-state index in [9.17, 15) is 14.0 Å². The number of benzene rings is 1. The van der Waals surface area contributed by atoms with Crippen LogP contribution in [0.3, 0.4) is 0 Å². The van der Waals surface area contributed by atoms with Gasteiger partial charge in [0.05, 0.1) is 6.61 Å². The Bertz CT molecular complexity index is 476. The van der Waals surface area contributed by atoms with E-state index in [1.807, 2.05) is 0 Å². The van der Waals surface area contributed by atoms with Crippen molar-refractivity contribution in [3.8, 4) is 5.75 Å². The number of hydrogen-bond donors (Lipinski definition) is 1. The van der Waals surface area contributed by atoms with Crippen molar-refractivity contribution >= 4 is 11.9 Å². The first-order valence-electron chi connectivity index (χ1n) is 5.92. The molecule has 0 radical (unpaired) electrons. The summed E-state index contributed by atoms with van der Waals surface area (Å²) in [6.07, 6.45) is -0.576. The first-order chi connectivity index (χ1) is 9.01. The second kappa shape index (κ2) is 6.72.